The number of aryl methyl sites for hydroxylation is 2. The summed E-state index contributed by atoms with van der Waals surface area (Å²) in [5.74, 6) is -0.125. The fourth-order valence-corrected chi connectivity index (χ4v) is 4.79. The van der Waals surface area contributed by atoms with Crippen molar-refractivity contribution in [2.24, 2.45) is 0 Å². The van der Waals surface area contributed by atoms with Gasteiger partial charge in [0.1, 0.15) is 12.4 Å². The second-order valence-corrected chi connectivity index (χ2v) is 9.48. The first-order chi connectivity index (χ1) is 16.3. The summed E-state index contributed by atoms with van der Waals surface area (Å²) in [5.41, 5.74) is 7.93. The number of rotatable bonds is 4. The maximum atomic E-state index is 13.2. The van der Waals surface area contributed by atoms with Crippen molar-refractivity contribution in [3.05, 3.63) is 83.2 Å². The SMILES string of the molecule is Cc1ccc(-c2cccc(C(=O)N3CCC(O)(CN4CNn5cccc5C4=O)CC3)c2)cc1C. The van der Waals surface area contributed by atoms with Gasteiger partial charge in [0.25, 0.3) is 11.8 Å². The Morgan fingerprint density at radius 3 is 2.53 bits per heavy atom. The third-order valence-electron chi connectivity index (χ3n) is 7.10. The molecule has 2 aromatic carbocycles. The molecule has 0 spiro atoms. The third kappa shape index (κ3) is 4.19. The Labute approximate surface area is 199 Å². The first-order valence-corrected chi connectivity index (χ1v) is 11.7. The van der Waals surface area contributed by atoms with E-state index in [1.807, 2.05) is 30.3 Å². The molecular weight excluding hydrogens is 428 g/mol. The zero-order chi connectivity index (χ0) is 23.9. The van der Waals surface area contributed by atoms with Crippen LogP contribution in [0.2, 0.25) is 0 Å². The number of aliphatic hydroxyl groups is 1. The van der Waals surface area contributed by atoms with E-state index in [-0.39, 0.29) is 18.4 Å². The molecule has 2 aliphatic heterocycles. The molecule has 2 aliphatic rings. The van der Waals surface area contributed by atoms with E-state index in [1.165, 1.54) is 11.1 Å². The van der Waals surface area contributed by atoms with Crippen LogP contribution < -0.4 is 5.43 Å². The number of carbonyl (C=O) groups is 2. The lowest BCUT2D eigenvalue weighted by atomic mass is 9.90. The zero-order valence-corrected chi connectivity index (χ0v) is 19.6. The monoisotopic (exact) mass is 458 g/mol. The predicted molar refractivity (Wildman–Crippen MR) is 131 cm³/mol. The minimum atomic E-state index is -1.01. The second kappa shape index (κ2) is 8.65. The van der Waals surface area contributed by atoms with Crippen molar-refractivity contribution in [3.8, 4) is 11.1 Å². The molecule has 5 rings (SSSR count). The van der Waals surface area contributed by atoms with Crippen LogP contribution in [0.25, 0.3) is 11.1 Å². The van der Waals surface area contributed by atoms with Crippen LogP contribution in [0.15, 0.2) is 60.8 Å². The molecule has 1 fully saturated rings. The Morgan fingerprint density at radius 2 is 1.76 bits per heavy atom. The van der Waals surface area contributed by atoms with E-state index < -0.39 is 5.60 Å². The van der Waals surface area contributed by atoms with Crippen molar-refractivity contribution in [3.63, 3.8) is 0 Å². The molecule has 1 saturated heterocycles. The highest BCUT2D eigenvalue weighted by Crippen LogP contribution is 2.27. The largest absolute Gasteiger partial charge is 0.388 e. The normalized spacial score (nSPS) is 17.3. The van der Waals surface area contributed by atoms with Gasteiger partial charge >= 0.3 is 0 Å². The Morgan fingerprint density at radius 1 is 1.00 bits per heavy atom. The molecule has 7 heteroatoms. The van der Waals surface area contributed by atoms with Crippen LogP contribution in [-0.2, 0) is 0 Å². The maximum absolute atomic E-state index is 13.2. The molecule has 0 bridgehead atoms. The van der Waals surface area contributed by atoms with E-state index in [4.69, 9.17) is 0 Å². The van der Waals surface area contributed by atoms with E-state index in [9.17, 15) is 14.7 Å². The van der Waals surface area contributed by atoms with E-state index in [1.54, 1.807) is 26.7 Å². The van der Waals surface area contributed by atoms with E-state index >= 15 is 0 Å². The number of hydrogen-bond donors (Lipinski definition) is 2. The van der Waals surface area contributed by atoms with Crippen LogP contribution in [0, 0.1) is 13.8 Å². The highest BCUT2D eigenvalue weighted by molar-refractivity contribution is 5.96. The molecule has 3 heterocycles. The summed E-state index contributed by atoms with van der Waals surface area (Å²) in [6.07, 6.45) is 2.67. The predicted octanol–water partition coefficient (Wildman–Crippen LogP) is 3.40. The number of fused-ring (bicyclic) bond motifs is 1. The lowest BCUT2D eigenvalue weighted by Gasteiger charge is -2.42. The lowest BCUT2D eigenvalue weighted by molar-refractivity contribution is -0.0369. The molecule has 0 unspecified atom stereocenters. The number of carbonyl (C=O) groups excluding carboxylic acids is 2. The number of benzene rings is 2. The Bertz CT molecular complexity index is 1240. The number of nitrogens with zero attached hydrogens (tertiary/aromatic N) is 3. The molecule has 7 nitrogen and oxygen atoms in total. The van der Waals surface area contributed by atoms with Crippen LogP contribution in [0.3, 0.4) is 0 Å². The van der Waals surface area contributed by atoms with Crippen molar-refractivity contribution >= 4 is 11.8 Å². The topological polar surface area (TPSA) is 77.8 Å². The highest BCUT2D eigenvalue weighted by atomic mass is 16.3. The Hall–Kier alpha value is -3.58. The van der Waals surface area contributed by atoms with Crippen LogP contribution in [0.5, 0.6) is 0 Å². The number of nitrogens with one attached hydrogen (secondary N) is 1. The minimum absolute atomic E-state index is 0.0266. The highest BCUT2D eigenvalue weighted by Gasteiger charge is 2.38. The lowest BCUT2D eigenvalue weighted by Crippen LogP contribution is -2.56. The molecule has 34 heavy (non-hydrogen) atoms. The molecule has 2 amide bonds. The van der Waals surface area contributed by atoms with Crippen LogP contribution in [-0.4, -0.2) is 63.3 Å². The summed E-state index contributed by atoms with van der Waals surface area (Å²) >= 11 is 0. The number of β-amino-alcohol motifs (C(OH)–C–C–N with tert-alkyl or cyclic N) is 1. The van der Waals surface area contributed by atoms with Crippen molar-refractivity contribution in [1.82, 2.24) is 14.5 Å². The van der Waals surface area contributed by atoms with Gasteiger partial charge < -0.3 is 20.3 Å². The van der Waals surface area contributed by atoms with E-state index in [0.717, 1.165) is 11.1 Å². The second-order valence-electron chi connectivity index (χ2n) is 9.48. The van der Waals surface area contributed by atoms with Gasteiger partial charge in [0.2, 0.25) is 0 Å². The van der Waals surface area contributed by atoms with Crippen molar-refractivity contribution < 1.29 is 14.7 Å². The van der Waals surface area contributed by atoms with Crippen molar-refractivity contribution in [2.45, 2.75) is 32.3 Å². The van der Waals surface area contributed by atoms with Gasteiger partial charge in [-0.3, -0.25) is 14.3 Å². The van der Waals surface area contributed by atoms with Crippen LogP contribution >= 0.6 is 0 Å². The standard InChI is InChI=1S/C27H30N4O3/c1-19-8-9-22(15-20(19)2)21-5-3-6-23(16-21)25(32)29-13-10-27(34,11-14-29)17-30-18-28-31-12-4-7-24(31)26(30)33/h3-9,12,15-16,28,34H,10-11,13-14,17-18H2,1-2H3. The molecule has 2 N–H and O–H groups in total. The summed E-state index contributed by atoms with van der Waals surface area (Å²) < 4.78 is 1.70. The molecule has 0 radical (unpaired) electrons. The number of piperidine rings is 1. The summed E-state index contributed by atoms with van der Waals surface area (Å²) in [5, 5.41) is 11.2. The quantitative estimate of drug-likeness (QED) is 0.628. The Kier molecular flexibility index (Phi) is 5.65. The van der Waals surface area contributed by atoms with Crippen molar-refractivity contribution in [2.75, 3.05) is 31.7 Å². The van der Waals surface area contributed by atoms with Gasteiger partial charge in [0.05, 0.1) is 12.1 Å². The molecule has 0 atom stereocenters. The molecule has 1 aromatic heterocycles. The Balaban J connectivity index is 1.24. The van der Waals surface area contributed by atoms with Gasteiger partial charge in [-0.2, -0.15) is 0 Å². The first-order valence-electron chi connectivity index (χ1n) is 11.7. The smallest absolute Gasteiger partial charge is 0.273 e. The molecule has 3 aromatic rings. The average Bonchev–Trinajstić information content (AvgIpc) is 3.33. The average molecular weight is 459 g/mol. The van der Waals surface area contributed by atoms with E-state index in [2.05, 4.69) is 37.5 Å². The maximum Gasteiger partial charge on any atom is 0.273 e. The van der Waals surface area contributed by atoms with Gasteiger partial charge in [-0.1, -0.05) is 30.3 Å². The minimum Gasteiger partial charge on any atom is -0.388 e. The molecule has 0 aliphatic carbocycles. The van der Waals surface area contributed by atoms with Crippen LogP contribution in [0.1, 0.15) is 44.8 Å². The number of hydrogen-bond acceptors (Lipinski definition) is 4. The first kappa shape index (κ1) is 22.2. The van der Waals surface area contributed by atoms with Gasteiger partial charge in [-0.15, -0.1) is 0 Å². The number of likely N-dealkylation sites (tertiary alicyclic amines) is 1. The fourth-order valence-electron chi connectivity index (χ4n) is 4.79. The van der Waals surface area contributed by atoms with Gasteiger partial charge in [-0.05, 0) is 73.2 Å². The fraction of sp³-hybridized carbons (Fsp3) is 0.333. The molecular formula is C27H30N4O3. The number of aromatic nitrogens is 1. The summed E-state index contributed by atoms with van der Waals surface area (Å²) in [7, 11) is 0. The zero-order valence-electron chi connectivity index (χ0n) is 19.6. The summed E-state index contributed by atoms with van der Waals surface area (Å²) in [6, 6.07) is 17.6. The van der Waals surface area contributed by atoms with Crippen molar-refractivity contribution in [1.29, 1.82) is 0 Å². The third-order valence-corrected chi connectivity index (χ3v) is 7.10. The van der Waals surface area contributed by atoms with Gasteiger partial charge in [0.15, 0.2) is 0 Å². The number of amides is 2. The molecule has 176 valence electrons. The summed E-state index contributed by atoms with van der Waals surface area (Å²) in [6.45, 7) is 5.68. The summed E-state index contributed by atoms with van der Waals surface area (Å²) in [4.78, 5) is 29.4. The van der Waals surface area contributed by atoms with Gasteiger partial charge in [-0.25, -0.2) is 0 Å². The molecule has 0 saturated carbocycles. The van der Waals surface area contributed by atoms with E-state index in [0.29, 0.717) is 43.9 Å². The van der Waals surface area contributed by atoms with Gasteiger partial charge in [0, 0.05) is 24.8 Å². The van der Waals surface area contributed by atoms with Crippen LogP contribution in [0.4, 0.5) is 0 Å².